The molecular formula is C30H38O5. The summed E-state index contributed by atoms with van der Waals surface area (Å²) in [5.74, 6) is 1.24. The maximum Gasteiger partial charge on any atom is 0.338 e. The summed E-state index contributed by atoms with van der Waals surface area (Å²) in [5.41, 5.74) is 1.79. The van der Waals surface area contributed by atoms with E-state index in [4.69, 9.17) is 4.74 Å². The molecule has 1 N–H and O–H groups in total. The van der Waals surface area contributed by atoms with Gasteiger partial charge in [-0.2, -0.15) is 0 Å². The number of benzene rings is 1. The number of ether oxygens (including phenoxy) is 1. The molecule has 0 aromatic heterocycles. The molecule has 7 atom stereocenters. The van der Waals surface area contributed by atoms with Crippen LogP contribution in [0.25, 0.3) is 0 Å². The number of hydrogen-bond acceptors (Lipinski definition) is 5. The maximum atomic E-state index is 13.8. The molecule has 0 aliphatic heterocycles. The van der Waals surface area contributed by atoms with Gasteiger partial charge in [-0.15, -0.1) is 0 Å². The number of fused-ring (bicyclic) bond motifs is 5. The standard InChI is InChI=1S/C30H38O5/c1-29-15-12-21(32)18-20(29)8-9-22-23-10-11-25(30(23,2)16-13-24(22)29)27(33)26(14-17-31)35-28(34)19-6-4-3-5-7-19/h3-7,18,22-26,31H,8-17H2,1-2H3/t22?,23?,24?,25?,26-,29-,30-/m0/s1. The highest BCUT2D eigenvalue weighted by atomic mass is 16.5. The molecule has 0 spiro atoms. The van der Waals surface area contributed by atoms with Gasteiger partial charge in [0.25, 0.3) is 0 Å². The van der Waals surface area contributed by atoms with Crippen LogP contribution in [-0.2, 0) is 14.3 Å². The number of ketones is 2. The Morgan fingerprint density at radius 3 is 2.54 bits per heavy atom. The van der Waals surface area contributed by atoms with Crippen molar-refractivity contribution in [3.8, 4) is 0 Å². The molecule has 1 aromatic carbocycles. The molecule has 4 aliphatic rings. The van der Waals surface area contributed by atoms with Crippen molar-refractivity contribution in [2.75, 3.05) is 6.61 Å². The summed E-state index contributed by atoms with van der Waals surface area (Å²) in [6, 6.07) is 8.74. The van der Waals surface area contributed by atoms with Crippen LogP contribution >= 0.6 is 0 Å². The second-order valence-electron chi connectivity index (χ2n) is 11.8. The Morgan fingerprint density at radius 1 is 1.03 bits per heavy atom. The zero-order chi connectivity index (χ0) is 24.8. The molecule has 0 amide bonds. The van der Waals surface area contributed by atoms with Gasteiger partial charge in [0.1, 0.15) is 0 Å². The van der Waals surface area contributed by atoms with Gasteiger partial charge in [0.05, 0.1) is 5.56 Å². The second kappa shape index (κ2) is 9.31. The minimum Gasteiger partial charge on any atom is -0.451 e. The Morgan fingerprint density at radius 2 is 1.80 bits per heavy atom. The van der Waals surface area contributed by atoms with E-state index in [1.807, 2.05) is 12.1 Å². The largest absolute Gasteiger partial charge is 0.451 e. The molecule has 0 bridgehead atoms. The average Bonchev–Trinajstić information content (AvgIpc) is 3.21. The van der Waals surface area contributed by atoms with Crippen molar-refractivity contribution in [1.82, 2.24) is 0 Å². The molecule has 188 valence electrons. The van der Waals surface area contributed by atoms with Gasteiger partial charge in [-0.3, -0.25) is 9.59 Å². The summed E-state index contributed by atoms with van der Waals surface area (Å²) in [5, 5.41) is 9.65. The Balaban J connectivity index is 1.35. The first-order chi connectivity index (χ1) is 16.8. The van der Waals surface area contributed by atoms with Gasteiger partial charge in [0.15, 0.2) is 17.7 Å². The van der Waals surface area contributed by atoms with Crippen LogP contribution in [0.2, 0.25) is 0 Å². The topological polar surface area (TPSA) is 80.7 Å². The number of hydrogen-bond donors (Lipinski definition) is 1. The van der Waals surface area contributed by atoms with Crippen LogP contribution in [-0.4, -0.2) is 35.4 Å². The molecular weight excluding hydrogens is 440 g/mol. The van der Waals surface area contributed by atoms with Crippen LogP contribution in [0.15, 0.2) is 42.0 Å². The molecule has 4 aliphatic carbocycles. The Bertz CT molecular complexity index is 1030. The van der Waals surface area contributed by atoms with Gasteiger partial charge in [-0.1, -0.05) is 37.6 Å². The van der Waals surface area contributed by atoms with Crippen molar-refractivity contribution < 1.29 is 24.2 Å². The van der Waals surface area contributed by atoms with E-state index in [1.54, 1.807) is 24.3 Å². The first-order valence-electron chi connectivity index (χ1n) is 13.4. The lowest BCUT2D eigenvalue weighted by Crippen LogP contribution is -2.52. The summed E-state index contributed by atoms with van der Waals surface area (Å²) >= 11 is 0. The molecule has 3 saturated carbocycles. The predicted octanol–water partition coefficient (Wildman–Crippen LogP) is 5.31. The highest BCUT2D eigenvalue weighted by molar-refractivity contribution is 5.94. The number of esters is 1. The van der Waals surface area contributed by atoms with E-state index in [1.165, 1.54) is 5.57 Å². The van der Waals surface area contributed by atoms with Crippen molar-refractivity contribution >= 4 is 17.5 Å². The van der Waals surface area contributed by atoms with Gasteiger partial charge in [0, 0.05) is 25.4 Å². The fourth-order valence-electron chi connectivity index (χ4n) is 8.40. The van der Waals surface area contributed by atoms with Crippen molar-refractivity contribution in [3.63, 3.8) is 0 Å². The van der Waals surface area contributed by atoms with E-state index >= 15 is 0 Å². The van der Waals surface area contributed by atoms with Crippen molar-refractivity contribution in [2.24, 2.45) is 34.5 Å². The number of rotatable bonds is 6. The van der Waals surface area contributed by atoms with E-state index in [0.717, 1.165) is 44.9 Å². The van der Waals surface area contributed by atoms with Crippen LogP contribution in [0.1, 0.15) is 82.0 Å². The van der Waals surface area contributed by atoms with E-state index in [9.17, 15) is 19.5 Å². The molecule has 1 aromatic rings. The van der Waals surface area contributed by atoms with Gasteiger partial charge in [0.2, 0.25) is 0 Å². The number of carbonyl (C=O) groups excluding carboxylic acids is 3. The monoisotopic (exact) mass is 478 g/mol. The van der Waals surface area contributed by atoms with Crippen LogP contribution < -0.4 is 0 Å². The molecule has 3 fully saturated rings. The Hall–Kier alpha value is -2.27. The van der Waals surface area contributed by atoms with Crippen molar-refractivity contribution in [1.29, 1.82) is 0 Å². The third-order valence-electron chi connectivity index (χ3n) is 10.3. The smallest absolute Gasteiger partial charge is 0.338 e. The zero-order valence-electron chi connectivity index (χ0n) is 21.0. The highest BCUT2D eigenvalue weighted by Gasteiger charge is 2.60. The number of aliphatic hydroxyl groups is 1. The fraction of sp³-hybridized carbons (Fsp3) is 0.633. The molecule has 5 rings (SSSR count). The molecule has 4 unspecified atom stereocenters. The van der Waals surface area contributed by atoms with E-state index in [2.05, 4.69) is 13.8 Å². The van der Waals surface area contributed by atoms with Crippen molar-refractivity contribution in [3.05, 3.63) is 47.5 Å². The first kappa shape index (κ1) is 24.4. The van der Waals surface area contributed by atoms with Crippen LogP contribution in [0.4, 0.5) is 0 Å². The molecule has 0 heterocycles. The van der Waals surface area contributed by atoms with Gasteiger partial charge in [-0.25, -0.2) is 4.79 Å². The molecule has 0 saturated heterocycles. The van der Waals surface area contributed by atoms with Crippen molar-refractivity contribution in [2.45, 2.75) is 77.7 Å². The van der Waals surface area contributed by atoms with E-state index in [0.29, 0.717) is 29.7 Å². The van der Waals surface area contributed by atoms with Gasteiger partial charge >= 0.3 is 5.97 Å². The summed E-state index contributed by atoms with van der Waals surface area (Å²) in [6.07, 6.45) is 8.81. The average molecular weight is 479 g/mol. The van der Waals surface area contributed by atoms with Crippen LogP contribution in [0, 0.1) is 34.5 Å². The zero-order valence-corrected chi connectivity index (χ0v) is 21.0. The SMILES string of the molecule is C[C@]12CCC3C(CCC4=CC(=O)CC[C@@]43C)C1CCC2C(=O)[C@H](CCO)OC(=O)c1ccccc1. The summed E-state index contributed by atoms with van der Waals surface area (Å²) in [6.45, 7) is 4.47. The Labute approximate surface area is 208 Å². The molecule has 5 nitrogen and oxygen atoms in total. The fourth-order valence-corrected chi connectivity index (χ4v) is 8.40. The quantitative estimate of drug-likeness (QED) is 0.560. The third-order valence-corrected chi connectivity index (χ3v) is 10.3. The maximum absolute atomic E-state index is 13.8. The lowest BCUT2D eigenvalue weighted by atomic mass is 9.46. The highest BCUT2D eigenvalue weighted by Crippen LogP contribution is 2.66. The minimum atomic E-state index is -0.909. The van der Waals surface area contributed by atoms with Gasteiger partial charge < -0.3 is 9.84 Å². The number of Topliss-reactive ketones (excluding diaryl/α,β-unsaturated/α-hetero) is 1. The normalized spacial score (nSPS) is 36.9. The summed E-state index contributed by atoms with van der Waals surface area (Å²) < 4.78 is 5.69. The lowest BCUT2D eigenvalue weighted by Gasteiger charge is -2.58. The summed E-state index contributed by atoms with van der Waals surface area (Å²) in [7, 11) is 0. The van der Waals surface area contributed by atoms with Gasteiger partial charge in [-0.05, 0) is 91.7 Å². The molecule has 5 heteroatoms. The Kier molecular flexibility index (Phi) is 6.50. The third kappa shape index (κ3) is 4.10. The van der Waals surface area contributed by atoms with E-state index in [-0.39, 0.29) is 41.3 Å². The van der Waals surface area contributed by atoms with E-state index < -0.39 is 12.1 Å². The molecule has 35 heavy (non-hydrogen) atoms. The predicted molar refractivity (Wildman–Crippen MR) is 133 cm³/mol. The summed E-state index contributed by atoms with van der Waals surface area (Å²) in [4.78, 5) is 38.6. The minimum absolute atomic E-state index is 0.0161. The second-order valence-corrected chi connectivity index (χ2v) is 11.8. The van der Waals surface area contributed by atoms with Crippen LogP contribution in [0.5, 0.6) is 0 Å². The number of carbonyl (C=O) groups is 3. The van der Waals surface area contributed by atoms with Crippen LogP contribution in [0.3, 0.4) is 0 Å². The number of aliphatic hydroxyl groups excluding tert-OH is 1. The molecule has 0 radical (unpaired) electrons. The number of allylic oxidation sites excluding steroid dienone is 1. The lowest BCUT2D eigenvalue weighted by molar-refractivity contribution is -0.140. The first-order valence-corrected chi connectivity index (χ1v) is 13.4.